The number of amides is 1. The summed E-state index contributed by atoms with van der Waals surface area (Å²) >= 11 is 5.89. The molecule has 0 aliphatic carbocycles. The van der Waals surface area contributed by atoms with Gasteiger partial charge in [0.1, 0.15) is 0 Å². The number of hydrogen-bond donors (Lipinski definition) is 1. The van der Waals surface area contributed by atoms with Crippen molar-refractivity contribution in [2.24, 2.45) is 0 Å². The lowest BCUT2D eigenvalue weighted by atomic mass is 10.1. The number of hydrogen-bond acceptors (Lipinski definition) is 2. The molecule has 100 valence electrons. The summed E-state index contributed by atoms with van der Waals surface area (Å²) in [4.78, 5) is 12.8. The van der Waals surface area contributed by atoms with Crippen molar-refractivity contribution >= 4 is 17.5 Å². The van der Waals surface area contributed by atoms with Gasteiger partial charge in [-0.25, -0.2) is 8.78 Å². The first-order valence-electron chi connectivity index (χ1n) is 5.44. The first-order valence-corrected chi connectivity index (χ1v) is 5.82. The Balaban J connectivity index is 2.69. The van der Waals surface area contributed by atoms with Gasteiger partial charge in [0.2, 0.25) is 5.91 Å². The Bertz CT molecular complexity index is 401. The van der Waals surface area contributed by atoms with Crippen LogP contribution in [0.4, 0.5) is 8.78 Å². The van der Waals surface area contributed by atoms with Crippen molar-refractivity contribution < 1.29 is 18.7 Å². The van der Waals surface area contributed by atoms with Crippen molar-refractivity contribution in [3.63, 3.8) is 0 Å². The molecule has 0 saturated carbocycles. The van der Waals surface area contributed by atoms with E-state index in [0.29, 0.717) is 10.6 Å². The number of carbonyl (C=O) groups excluding carboxylic acids is 1. The molecule has 0 atom stereocenters. The van der Waals surface area contributed by atoms with Crippen LogP contribution in [0.25, 0.3) is 0 Å². The summed E-state index contributed by atoms with van der Waals surface area (Å²) in [7, 11) is 0. The van der Waals surface area contributed by atoms with Crippen LogP contribution in [-0.4, -0.2) is 42.0 Å². The average Bonchev–Trinajstić information content (AvgIpc) is 2.31. The van der Waals surface area contributed by atoms with E-state index >= 15 is 0 Å². The monoisotopic (exact) mass is 277 g/mol. The van der Waals surface area contributed by atoms with Gasteiger partial charge in [0.15, 0.2) is 0 Å². The van der Waals surface area contributed by atoms with Crippen molar-refractivity contribution in [1.29, 1.82) is 0 Å². The molecule has 1 aromatic rings. The molecule has 6 heteroatoms. The van der Waals surface area contributed by atoms with E-state index in [1.54, 1.807) is 24.3 Å². The van der Waals surface area contributed by atoms with Gasteiger partial charge in [-0.15, -0.1) is 0 Å². The third kappa shape index (κ3) is 4.58. The molecule has 1 amide bonds. The minimum absolute atomic E-state index is 0.0492. The number of benzene rings is 1. The van der Waals surface area contributed by atoms with Gasteiger partial charge in [-0.2, -0.15) is 0 Å². The Hall–Kier alpha value is -1.20. The third-order valence-electron chi connectivity index (χ3n) is 2.38. The van der Waals surface area contributed by atoms with Gasteiger partial charge in [0.05, 0.1) is 19.6 Å². The van der Waals surface area contributed by atoms with Gasteiger partial charge in [-0.05, 0) is 11.6 Å². The van der Waals surface area contributed by atoms with Crippen molar-refractivity contribution in [3.8, 4) is 0 Å². The summed E-state index contributed by atoms with van der Waals surface area (Å²) in [6.45, 7) is -1.13. The van der Waals surface area contributed by atoms with E-state index in [-0.39, 0.29) is 19.6 Å². The number of aliphatic hydroxyl groups is 1. The largest absolute Gasteiger partial charge is 0.395 e. The van der Waals surface area contributed by atoms with Crippen molar-refractivity contribution in [2.75, 3.05) is 19.7 Å². The number of carbonyl (C=O) groups is 1. The Kier molecular flexibility index (Phi) is 6.01. The topological polar surface area (TPSA) is 40.5 Å². The van der Waals surface area contributed by atoms with E-state index < -0.39 is 18.9 Å². The van der Waals surface area contributed by atoms with E-state index in [1.807, 2.05) is 0 Å². The number of aliphatic hydroxyl groups excluding tert-OH is 1. The van der Waals surface area contributed by atoms with E-state index in [1.165, 1.54) is 0 Å². The van der Waals surface area contributed by atoms with Crippen LogP contribution in [0.5, 0.6) is 0 Å². The number of alkyl halides is 2. The summed E-state index contributed by atoms with van der Waals surface area (Å²) in [5.74, 6) is -0.475. The lowest BCUT2D eigenvalue weighted by Gasteiger charge is -2.21. The van der Waals surface area contributed by atoms with Crippen molar-refractivity contribution in [2.45, 2.75) is 12.8 Å². The van der Waals surface area contributed by atoms with Crippen molar-refractivity contribution in [3.05, 3.63) is 34.9 Å². The molecule has 0 spiro atoms. The van der Waals surface area contributed by atoms with Crippen molar-refractivity contribution in [1.82, 2.24) is 4.90 Å². The Morgan fingerprint density at radius 2 is 2.06 bits per heavy atom. The molecule has 1 rings (SSSR count). The van der Waals surface area contributed by atoms with Gasteiger partial charge < -0.3 is 10.0 Å². The second-order valence-corrected chi connectivity index (χ2v) is 4.13. The van der Waals surface area contributed by atoms with E-state index in [4.69, 9.17) is 16.7 Å². The minimum Gasteiger partial charge on any atom is -0.395 e. The smallest absolute Gasteiger partial charge is 0.255 e. The number of rotatable bonds is 6. The fourth-order valence-corrected chi connectivity index (χ4v) is 1.72. The summed E-state index contributed by atoms with van der Waals surface area (Å²) < 4.78 is 24.6. The number of nitrogens with zero attached hydrogens (tertiary/aromatic N) is 1. The van der Waals surface area contributed by atoms with Crippen LogP contribution in [0.1, 0.15) is 5.56 Å². The average molecular weight is 278 g/mol. The van der Waals surface area contributed by atoms with Crippen LogP contribution in [0, 0.1) is 0 Å². The molecule has 0 unspecified atom stereocenters. The first kappa shape index (κ1) is 14.9. The van der Waals surface area contributed by atoms with Crippen LogP contribution in [0.15, 0.2) is 24.3 Å². The highest BCUT2D eigenvalue weighted by molar-refractivity contribution is 6.31. The van der Waals surface area contributed by atoms with Gasteiger partial charge in [-0.1, -0.05) is 29.8 Å². The standard InChI is InChI=1S/C12H14ClF2NO2/c13-10-4-2-1-3-9(10)7-12(18)16(5-6-17)8-11(14)15/h1-4,11,17H,5-8H2. The van der Waals surface area contributed by atoms with E-state index in [2.05, 4.69) is 0 Å². The fourth-order valence-electron chi connectivity index (χ4n) is 1.52. The highest BCUT2D eigenvalue weighted by Crippen LogP contribution is 2.16. The Morgan fingerprint density at radius 1 is 1.39 bits per heavy atom. The highest BCUT2D eigenvalue weighted by Gasteiger charge is 2.18. The molecule has 3 nitrogen and oxygen atoms in total. The van der Waals surface area contributed by atoms with Crippen LogP contribution >= 0.6 is 11.6 Å². The summed E-state index contributed by atoms with van der Waals surface area (Å²) in [5, 5.41) is 9.18. The maximum atomic E-state index is 12.3. The third-order valence-corrected chi connectivity index (χ3v) is 2.75. The molecule has 1 aromatic carbocycles. The SMILES string of the molecule is O=C(Cc1ccccc1Cl)N(CCO)CC(F)F. The van der Waals surface area contributed by atoms with Crippen LogP contribution in [-0.2, 0) is 11.2 Å². The molecule has 0 aliphatic rings. The second-order valence-electron chi connectivity index (χ2n) is 3.72. The zero-order valence-electron chi connectivity index (χ0n) is 9.65. The quantitative estimate of drug-likeness (QED) is 0.864. The van der Waals surface area contributed by atoms with Crippen LogP contribution in [0.2, 0.25) is 5.02 Å². The van der Waals surface area contributed by atoms with Gasteiger partial charge in [0.25, 0.3) is 6.43 Å². The molecule has 0 radical (unpaired) electrons. The first-order chi connectivity index (χ1) is 8.54. The van der Waals surface area contributed by atoms with E-state index in [0.717, 1.165) is 4.90 Å². The predicted octanol–water partition coefficient (Wildman–Crippen LogP) is 1.97. The molecule has 0 heterocycles. The molecule has 0 aromatic heterocycles. The molecule has 0 saturated heterocycles. The van der Waals surface area contributed by atoms with Gasteiger partial charge >= 0.3 is 0 Å². The van der Waals surface area contributed by atoms with Crippen LogP contribution in [0.3, 0.4) is 0 Å². The minimum atomic E-state index is -2.62. The molecular formula is C12H14ClF2NO2. The molecular weight excluding hydrogens is 264 g/mol. The Labute approximate surface area is 109 Å². The fraction of sp³-hybridized carbons (Fsp3) is 0.417. The lowest BCUT2D eigenvalue weighted by Crippen LogP contribution is -2.38. The summed E-state index contributed by atoms with van der Waals surface area (Å²) in [5.41, 5.74) is 0.585. The van der Waals surface area contributed by atoms with Gasteiger partial charge in [-0.3, -0.25) is 4.79 Å². The zero-order valence-corrected chi connectivity index (χ0v) is 10.4. The number of halogens is 3. The molecule has 0 bridgehead atoms. The lowest BCUT2D eigenvalue weighted by molar-refractivity contribution is -0.133. The molecule has 1 N–H and O–H groups in total. The second kappa shape index (κ2) is 7.28. The molecule has 0 aliphatic heterocycles. The summed E-state index contributed by atoms with van der Waals surface area (Å²) in [6.07, 6.45) is -2.67. The van der Waals surface area contributed by atoms with Gasteiger partial charge in [0, 0.05) is 11.6 Å². The maximum absolute atomic E-state index is 12.3. The maximum Gasteiger partial charge on any atom is 0.255 e. The zero-order chi connectivity index (χ0) is 13.5. The van der Waals surface area contributed by atoms with Crippen LogP contribution < -0.4 is 0 Å². The highest BCUT2D eigenvalue weighted by atomic mass is 35.5. The Morgan fingerprint density at radius 3 is 2.61 bits per heavy atom. The normalized spacial score (nSPS) is 10.7. The predicted molar refractivity (Wildman–Crippen MR) is 64.8 cm³/mol. The molecule has 18 heavy (non-hydrogen) atoms. The van der Waals surface area contributed by atoms with E-state index in [9.17, 15) is 13.6 Å². The summed E-state index contributed by atoms with van der Waals surface area (Å²) in [6, 6.07) is 6.74. The molecule has 0 fully saturated rings.